The van der Waals surface area contributed by atoms with Crippen molar-refractivity contribution in [3.8, 4) is 5.75 Å². The summed E-state index contributed by atoms with van der Waals surface area (Å²) in [5.74, 6) is -1.01. The van der Waals surface area contributed by atoms with Crippen LogP contribution in [0.4, 0.5) is 17.6 Å². The number of aliphatic hydroxyl groups excluding tert-OH is 1. The fraction of sp³-hybridized carbons (Fsp3) is 0.600. The molecule has 0 bridgehead atoms. The first-order chi connectivity index (χ1) is 10.4. The third-order valence-electron chi connectivity index (χ3n) is 3.92. The number of ether oxygens (including phenoxy) is 1. The van der Waals surface area contributed by atoms with Crippen LogP contribution in [-0.4, -0.2) is 48.5 Å². The standard InChI is InChI=1S/C15H19F4NO2/c16-12-3-1-2-4-13(12)22-10-9-20-7-5-11(6-8-20)14(21)15(17,18)19/h1-4,11,14,21H,5-10H2. The highest BCUT2D eigenvalue weighted by atomic mass is 19.4. The zero-order valence-electron chi connectivity index (χ0n) is 12.0. The fourth-order valence-electron chi connectivity index (χ4n) is 2.61. The van der Waals surface area contributed by atoms with Crippen molar-refractivity contribution in [2.24, 2.45) is 5.92 Å². The molecule has 1 heterocycles. The molecule has 1 aliphatic heterocycles. The number of aliphatic hydroxyl groups is 1. The normalized spacial score (nSPS) is 19.1. The molecular formula is C15H19F4NO2. The minimum Gasteiger partial charge on any atom is -0.489 e. The van der Waals surface area contributed by atoms with Gasteiger partial charge in [-0.15, -0.1) is 0 Å². The Labute approximate surface area is 126 Å². The molecule has 0 saturated carbocycles. The lowest BCUT2D eigenvalue weighted by molar-refractivity contribution is -0.223. The minimum absolute atomic E-state index is 0.171. The Morgan fingerprint density at radius 3 is 2.45 bits per heavy atom. The highest BCUT2D eigenvalue weighted by Gasteiger charge is 2.44. The molecule has 1 unspecified atom stereocenters. The molecule has 0 aliphatic carbocycles. The van der Waals surface area contributed by atoms with Crippen molar-refractivity contribution >= 4 is 0 Å². The van der Waals surface area contributed by atoms with Gasteiger partial charge in [-0.05, 0) is 44.0 Å². The summed E-state index contributed by atoms with van der Waals surface area (Å²) in [5.41, 5.74) is 0. The zero-order valence-corrected chi connectivity index (χ0v) is 12.0. The first kappa shape index (κ1) is 17.0. The molecule has 1 aromatic carbocycles. The molecule has 3 nitrogen and oxygen atoms in total. The first-order valence-electron chi connectivity index (χ1n) is 7.22. The Kier molecular flexibility index (Phi) is 5.63. The SMILES string of the molecule is OC(C1CCN(CCOc2ccccc2F)CC1)C(F)(F)F. The maximum absolute atomic E-state index is 13.3. The molecule has 0 amide bonds. The number of hydrogen-bond acceptors (Lipinski definition) is 3. The monoisotopic (exact) mass is 321 g/mol. The van der Waals surface area contributed by atoms with E-state index in [2.05, 4.69) is 0 Å². The molecule has 1 fully saturated rings. The van der Waals surface area contributed by atoms with Gasteiger partial charge in [0.15, 0.2) is 17.7 Å². The van der Waals surface area contributed by atoms with Crippen molar-refractivity contribution in [2.75, 3.05) is 26.2 Å². The summed E-state index contributed by atoms with van der Waals surface area (Å²) in [6.45, 7) is 1.73. The van der Waals surface area contributed by atoms with Crippen LogP contribution in [0.15, 0.2) is 24.3 Å². The van der Waals surface area contributed by atoms with Crippen LogP contribution < -0.4 is 4.74 Å². The Bertz CT molecular complexity index is 473. The van der Waals surface area contributed by atoms with E-state index in [1.807, 2.05) is 4.90 Å². The number of likely N-dealkylation sites (tertiary alicyclic amines) is 1. The third-order valence-corrected chi connectivity index (χ3v) is 3.92. The van der Waals surface area contributed by atoms with Crippen LogP contribution in [0.3, 0.4) is 0 Å². The molecule has 0 radical (unpaired) electrons. The van der Waals surface area contributed by atoms with E-state index in [1.54, 1.807) is 12.1 Å². The lowest BCUT2D eigenvalue weighted by Crippen LogP contribution is -2.44. The molecule has 1 atom stereocenters. The number of halogens is 4. The molecule has 1 saturated heterocycles. The van der Waals surface area contributed by atoms with Gasteiger partial charge in [-0.2, -0.15) is 13.2 Å². The van der Waals surface area contributed by atoms with Crippen molar-refractivity contribution in [3.63, 3.8) is 0 Å². The molecule has 0 aromatic heterocycles. The topological polar surface area (TPSA) is 32.7 Å². The van der Waals surface area contributed by atoms with E-state index in [0.29, 0.717) is 32.5 Å². The van der Waals surface area contributed by atoms with E-state index in [0.717, 1.165) is 0 Å². The van der Waals surface area contributed by atoms with Gasteiger partial charge in [-0.1, -0.05) is 12.1 Å². The van der Waals surface area contributed by atoms with Gasteiger partial charge in [0.1, 0.15) is 6.61 Å². The summed E-state index contributed by atoms with van der Waals surface area (Å²) in [7, 11) is 0. The van der Waals surface area contributed by atoms with Crippen LogP contribution >= 0.6 is 0 Å². The third kappa shape index (κ3) is 4.58. The molecule has 1 N–H and O–H groups in total. The predicted octanol–water partition coefficient (Wildman–Crippen LogP) is 2.84. The van der Waals surface area contributed by atoms with Crippen LogP contribution in [0.25, 0.3) is 0 Å². The zero-order chi connectivity index (χ0) is 16.2. The van der Waals surface area contributed by atoms with E-state index in [4.69, 9.17) is 4.74 Å². The number of rotatable bonds is 5. The van der Waals surface area contributed by atoms with Crippen molar-refractivity contribution in [1.29, 1.82) is 0 Å². The van der Waals surface area contributed by atoms with Crippen LogP contribution in [0.2, 0.25) is 0 Å². The van der Waals surface area contributed by atoms with Crippen LogP contribution in [-0.2, 0) is 0 Å². The molecule has 0 spiro atoms. The Morgan fingerprint density at radius 2 is 1.86 bits per heavy atom. The van der Waals surface area contributed by atoms with Crippen LogP contribution in [0.1, 0.15) is 12.8 Å². The second kappa shape index (κ2) is 7.28. The van der Waals surface area contributed by atoms with E-state index in [1.165, 1.54) is 12.1 Å². The largest absolute Gasteiger partial charge is 0.489 e. The average Bonchev–Trinajstić information content (AvgIpc) is 2.48. The quantitative estimate of drug-likeness (QED) is 0.847. The first-order valence-corrected chi connectivity index (χ1v) is 7.22. The van der Waals surface area contributed by atoms with E-state index in [9.17, 15) is 22.7 Å². The second-order valence-corrected chi connectivity index (χ2v) is 5.44. The number of alkyl halides is 3. The lowest BCUT2D eigenvalue weighted by Gasteiger charge is -2.34. The Morgan fingerprint density at radius 1 is 1.23 bits per heavy atom. The van der Waals surface area contributed by atoms with Gasteiger partial charge < -0.3 is 9.84 Å². The Balaban J connectivity index is 1.71. The molecule has 2 rings (SSSR count). The second-order valence-electron chi connectivity index (χ2n) is 5.44. The van der Waals surface area contributed by atoms with Gasteiger partial charge >= 0.3 is 6.18 Å². The van der Waals surface area contributed by atoms with Gasteiger partial charge in [-0.3, -0.25) is 4.90 Å². The summed E-state index contributed by atoms with van der Waals surface area (Å²) in [6, 6.07) is 6.07. The minimum atomic E-state index is -4.55. The molecular weight excluding hydrogens is 302 g/mol. The smallest absolute Gasteiger partial charge is 0.414 e. The van der Waals surface area contributed by atoms with Gasteiger partial charge in [0.2, 0.25) is 0 Å². The van der Waals surface area contributed by atoms with Crippen molar-refractivity contribution in [1.82, 2.24) is 4.90 Å². The van der Waals surface area contributed by atoms with Gasteiger partial charge in [-0.25, -0.2) is 4.39 Å². The summed E-state index contributed by atoms with van der Waals surface area (Å²) in [5, 5.41) is 9.24. The molecule has 7 heteroatoms. The molecule has 124 valence electrons. The summed E-state index contributed by atoms with van der Waals surface area (Å²) in [4.78, 5) is 1.96. The van der Waals surface area contributed by atoms with E-state index >= 15 is 0 Å². The number of piperidine rings is 1. The Hall–Kier alpha value is -1.34. The average molecular weight is 321 g/mol. The van der Waals surface area contributed by atoms with E-state index < -0.39 is 24.0 Å². The summed E-state index contributed by atoms with van der Waals surface area (Å²) < 4.78 is 56.0. The predicted molar refractivity (Wildman–Crippen MR) is 73.1 cm³/mol. The number of para-hydroxylation sites is 1. The van der Waals surface area contributed by atoms with Crippen LogP contribution in [0.5, 0.6) is 5.75 Å². The molecule has 1 aromatic rings. The summed E-state index contributed by atoms with van der Waals surface area (Å²) in [6.07, 6.45) is -6.22. The maximum Gasteiger partial charge on any atom is 0.414 e. The number of benzene rings is 1. The highest BCUT2D eigenvalue weighted by molar-refractivity contribution is 5.23. The number of hydrogen-bond donors (Lipinski definition) is 1. The lowest BCUT2D eigenvalue weighted by atomic mass is 9.91. The van der Waals surface area contributed by atoms with E-state index in [-0.39, 0.29) is 12.4 Å². The van der Waals surface area contributed by atoms with Gasteiger partial charge in [0, 0.05) is 6.54 Å². The molecule has 22 heavy (non-hydrogen) atoms. The van der Waals surface area contributed by atoms with Crippen LogP contribution in [0, 0.1) is 11.7 Å². The van der Waals surface area contributed by atoms with Crippen molar-refractivity contribution < 1.29 is 27.4 Å². The summed E-state index contributed by atoms with van der Waals surface area (Å²) >= 11 is 0. The number of nitrogens with zero attached hydrogens (tertiary/aromatic N) is 1. The molecule has 1 aliphatic rings. The fourth-order valence-corrected chi connectivity index (χ4v) is 2.61. The van der Waals surface area contributed by atoms with Gasteiger partial charge in [0.05, 0.1) is 0 Å². The maximum atomic E-state index is 13.3. The van der Waals surface area contributed by atoms with Crippen molar-refractivity contribution in [3.05, 3.63) is 30.1 Å². The van der Waals surface area contributed by atoms with Crippen molar-refractivity contribution in [2.45, 2.75) is 25.1 Å². The van der Waals surface area contributed by atoms with Gasteiger partial charge in [0.25, 0.3) is 0 Å². The highest BCUT2D eigenvalue weighted by Crippen LogP contribution is 2.31.